The lowest BCUT2D eigenvalue weighted by molar-refractivity contribution is 0.0999. The Morgan fingerprint density at radius 2 is 2.32 bits per heavy atom. The molecule has 7 heteroatoms. The van der Waals surface area contributed by atoms with E-state index in [2.05, 4.69) is 11.9 Å². The van der Waals surface area contributed by atoms with E-state index < -0.39 is 11.5 Å². The van der Waals surface area contributed by atoms with E-state index in [-0.39, 0.29) is 5.75 Å². The number of amides is 1. The Morgan fingerprint density at radius 1 is 1.58 bits per heavy atom. The number of aromatic amines is 1. The molecule has 0 unspecified atom stereocenters. The highest BCUT2D eigenvalue weighted by Crippen LogP contribution is 2.40. The fourth-order valence-electron chi connectivity index (χ4n) is 1.69. The number of H-pyrrole nitrogens is 1. The number of nitrogens with one attached hydrogen (secondary N) is 1. The molecular formula is C12H14N2O3S2. The Bertz CT molecular complexity index is 675. The van der Waals surface area contributed by atoms with Gasteiger partial charge in [0.15, 0.2) is 0 Å². The standard InChI is InChI=1S/C12H14N2O3S2/c1-2-3-4-18-12-8(11(13)17)9-10(19-12)6(15)5-7(16)14-9/h5H,2-4H2,1H3,(H2,13,17)(H2,14,15,16). The molecule has 0 fully saturated rings. The zero-order valence-corrected chi connectivity index (χ0v) is 12.0. The molecule has 0 bridgehead atoms. The summed E-state index contributed by atoms with van der Waals surface area (Å²) in [6.07, 6.45) is 2.09. The van der Waals surface area contributed by atoms with E-state index in [9.17, 15) is 14.7 Å². The van der Waals surface area contributed by atoms with Crippen LogP contribution in [0, 0.1) is 0 Å². The number of aromatic nitrogens is 1. The van der Waals surface area contributed by atoms with Crippen molar-refractivity contribution in [2.75, 3.05) is 5.75 Å². The van der Waals surface area contributed by atoms with Crippen molar-refractivity contribution < 1.29 is 9.90 Å². The van der Waals surface area contributed by atoms with E-state index in [1.54, 1.807) is 0 Å². The highest BCUT2D eigenvalue weighted by molar-refractivity contribution is 8.01. The second kappa shape index (κ2) is 5.66. The lowest BCUT2D eigenvalue weighted by Crippen LogP contribution is -2.13. The van der Waals surface area contributed by atoms with Gasteiger partial charge in [0.05, 0.1) is 20.0 Å². The second-order valence-electron chi connectivity index (χ2n) is 4.05. The van der Waals surface area contributed by atoms with Crippen molar-refractivity contribution in [1.82, 2.24) is 4.98 Å². The summed E-state index contributed by atoms with van der Waals surface area (Å²) in [6.45, 7) is 2.09. The van der Waals surface area contributed by atoms with Crippen LogP contribution in [-0.2, 0) is 0 Å². The summed E-state index contributed by atoms with van der Waals surface area (Å²) in [5.74, 6) is 0.161. The van der Waals surface area contributed by atoms with Gasteiger partial charge in [0, 0.05) is 6.07 Å². The average molecular weight is 298 g/mol. The number of fused-ring (bicyclic) bond motifs is 1. The Hall–Kier alpha value is -1.47. The first-order valence-corrected chi connectivity index (χ1v) is 7.66. The number of rotatable bonds is 5. The summed E-state index contributed by atoms with van der Waals surface area (Å²) in [5, 5.41) is 9.77. The van der Waals surface area contributed by atoms with Gasteiger partial charge in [-0.05, 0) is 12.2 Å². The summed E-state index contributed by atoms with van der Waals surface area (Å²) in [6, 6.07) is 1.10. The van der Waals surface area contributed by atoms with E-state index in [4.69, 9.17) is 5.73 Å². The zero-order valence-electron chi connectivity index (χ0n) is 10.4. The SMILES string of the molecule is CCCCSc1sc2c(O)cc(=O)[nH]c2c1C(N)=O. The maximum atomic E-state index is 11.6. The first-order chi connectivity index (χ1) is 9.04. The van der Waals surface area contributed by atoms with Crippen LogP contribution in [0.4, 0.5) is 0 Å². The van der Waals surface area contributed by atoms with Crippen LogP contribution in [0.15, 0.2) is 15.1 Å². The molecule has 102 valence electrons. The van der Waals surface area contributed by atoms with Gasteiger partial charge in [0.1, 0.15) is 5.75 Å². The van der Waals surface area contributed by atoms with Gasteiger partial charge < -0.3 is 15.8 Å². The third-order valence-electron chi connectivity index (χ3n) is 2.60. The molecule has 0 atom stereocenters. The maximum absolute atomic E-state index is 11.6. The number of primary amides is 1. The highest BCUT2D eigenvalue weighted by atomic mass is 32.2. The van der Waals surface area contributed by atoms with E-state index in [0.29, 0.717) is 15.8 Å². The van der Waals surface area contributed by atoms with Crippen LogP contribution < -0.4 is 11.3 Å². The van der Waals surface area contributed by atoms with E-state index in [1.165, 1.54) is 23.1 Å². The van der Waals surface area contributed by atoms with Gasteiger partial charge in [-0.25, -0.2) is 0 Å². The molecule has 0 saturated heterocycles. The molecule has 0 radical (unpaired) electrons. The van der Waals surface area contributed by atoms with Gasteiger partial charge >= 0.3 is 0 Å². The fraction of sp³-hybridized carbons (Fsp3) is 0.333. The third kappa shape index (κ3) is 2.76. The number of aromatic hydroxyl groups is 1. The topological polar surface area (TPSA) is 96.2 Å². The van der Waals surface area contributed by atoms with Gasteiger partial charge in [0.25, 0.3) is 11.5 Å². The van der Waals surface area contributed by atoms with Gasteiger partial charge in [-0.15, -0.1) is 23.1 Å². The number of pyridine rings is 1. The number of carbonyl (C=O) groups excluding carboxylic acids is 1. The van der Waals surface area contributed by atoms with E-state index in [0.717, 1.165) is 28.9 Å². The molecule has 0 aliphatic rings. The predicted molar refractivity (Wildman–Crippen MR) is 78.3 cm³/mol. The van der Waals surface area contributed by atoms with Crippen LogP contribution in [0.25, 0.3) is 10.2 Å². The summed E-state index contributed by atoms with van der Waals surface area (Å²) >= 11 is 2.80. The number of hydrogen-bond acceptors (Lipinski definition) is 5. The Morgan fingerprint density at radius 3 is 2.95 bits per heavy atom. The molecular weight excluding hydrogens is 284 g/mol. The lowest BCUT2D eigenvalue weighted by atomic mass is 10.2. The summed E-state index contributed by atoms with van der Waals surface area (Å²) in [4.78, 5) is 25.5. The molecule has 0 aliphatic heterocycles. The molecule has 2 aromatic heterocycles. The molecule has 4 N–H and O–H groups in total. The van der Waals surface area contributed by atoms with Crippen molar-refractivity contribution in [1.29, 1.82) is 0 Å². The summed E-state index contributed by atoms with van der Waals surface area (Å²) in [7, 11) is 0. The quantitative estimate of drug-likeness (QED) is 0.583. The van der Waals surface area contributed by atoms with Crippen molar-refractivity contribution in [2.45, 2.75) is 24.0 Å². The predicted octanol–water partition coefficient (Wildman–Crippen LogP) is 2.29. The van der Waals surface area contributed by atoms with Gasteiger partial charge in [0.2, 0.25) is 0 Å². The lowest BCUT2D eigenvalue weighted by Gasteiger charge is -1.99. The monoisotopic (exact) mass is 298 g/mol. The number of thioether (sulfide) groups is 1. The molecule has 0 aliphatic carbocycles. The van der Waals surface area contributed by atoms with Crippen molar-refractivity contribution in [3.8, 4) is 5.75 Å². The van der Waals surface area contributed by atoms with Crippen molar-refractivity contribution >= 4 is 39.2 Å². The van der Waals surface area contributed by atoms with Crippen molar-refractivity contribution in [2.24, 2.45) is 5.73 Å². The molecule has 19 heavy (non-hydrogen) atoms. The molecule has 2 heterocycles. The molecule has 0 aromatic carbocycles. The zero-order chi connectivity index (χ0) is 14.0. The minimum Gasteiger partial charge on any atom is -0.506 e. The van der Waals surface area contributed by atoms with Gasteiger partial charge in [-0.1, -0.05) is 13.3 Å². The first-order valence-electron chi connectivity index (χ1n) is 5.86. The molecule has 2 aromatic rings. The average Bonchev–Trinajstić information content (AvgIpc) is 2.68. The number of hydrogen-bond donors (Lipinski definition) is 3. The Balaban J connectivity index is 2.57. The Kier molecular flexibility index (Phi) is 4.16. The number of nitrogens with two attached hydrogens (primary N) is 1. The smallest absolute Gasteiger partial charge is 0.252 e. The van der Waals surface area contributed by atoms with Crippen LogP contribution in [0.5, 0.6) is 5.75 Å². The fourth-order valence-corrected chi connectivity index (χ4v) is 4.30. The number of thiophene rings is 1. The van der Waals surface area contributed by atoms with Crippen LogP contribution >= 0.6 is 23.1 Å². The van der Waals surface area contributed by atoms with Crippen LogP contribution in [-0.4, -0.2) is 21.8 Å². The van der Waals surface area contributed by atoms with Gasteiger partial charge in [-0.3, -0.25) is 9.59 Å². The van der Waals surface area contributed by atoms with Gasteiger partial charge in [-0.2, -0.15) is 0 Å². The highest BCUT2D eigenvalue weighted by Gasteiger charge is 2.20. The molecule has 5 nitrogen and oxygen atoms in total. The molecule has 2 rings (SSSR count). The van der Waals surface area contributed by atoms with E-state index >= 15 is 0 Å². The van der Waals surface area contributed by atoms with Crippen molar-refractivity contribution in [3.63, 3.8) is 0 Å². The summed E-state index contributed by atoms with van der Waals surface area (Å²) in [5.41, 5.74) is 5.57. The maximum Gasteiger partial charge on any atom is 0.252 e. The minimum absolute atomic E-state index is 0.117. The minimum atomic E-state index is -0.591. The number of carbonyl (C=O) groups is 1. The first kappa shape index (κ1) is 14.0. The van der Waals surface area contributed by atoms with Crippen LogP contribution in [0.1, 0.15) is 30.1 Å². The molecule has 0 spiro atoms. The number of unbranched alkanes of at least 4 members (excludes halogenated alkanes) is 1. The van der Waals surface area contributed by atoms with E-state index in [1.807, 2.05) is 0 Å². The third-order valence-corrected chi connectivity index (χ3v) is 5.17. The Labute approximate surface area is 117 Å². The normalized spacial score (nSPS) is 11.0. The largest absolute Gasteiger partial charge is 0.506 e. The second-order valence-corrected chi connectivity index (χ2v) is 6.44. The molecule has 1 amide bonds. The van der Waals surface area contributed by atoms with Crippen LogP contribution in [0.2, 0.25) is 0 Å². The van der Waals surface area contributed by atoms with Crippen LogP contribution in [0.3, 0.4) is 0 Å². The molecule has 0 saturated carbocycles. The summed E-state index contributed by atoms with van der Waals surface area (Å²) < 4.78 is 1.24. The van der Waals surface area contributed by atoms with Crippen molar-refractivity contribution in [3.05, 3.63) is 22.0 Å².